The lowest BCUT2D eigenvalue weighted by atomic mass is 9.78. The van der Waals surface area contributed by atoms with Crippen LogP contribution in [0, 0.1) is 0 Å². The zero-order valence-electron chi connectivity index (χ0n) is 44.3. The highest BCUT2D eigenvalue weighted by atomic mass is 16.5. The molecule has 74 heavy (non-hydrogen) atoms. The van der Waals surface area contributed by atoms with Gasteiger partial charge in [0.2, 0.25) is 0 Å². The summed E-state index contributed by atoms with van der Waals surface area (Å²) in [6.45, 7) is 21.3. The standard InChI is InChI=1S/C69H66N4O/c1-47(2)59-30-19-20-31-60(59)65-45-71(46-72(65)56-39-49(48-22-13-10-14-23-48)38-54(40-56)67(3,4)5)55-28-21-29-57(43-55)74-58-33-34-61-62-41-52(68(6,7)50-24-15-11-16-25-50)32-35-63(62)73(64(61)44-58)66-42-53(36-37-70-66)69(8,9)51-26-17-12-18-27-51/h10-45,47H,46H2,1-9H3. The van der Waals surface area contributed by atoms with Gasteiger partial charge in [0, 0.05) is 63.1 Å². The number of nitrogens with zero attached hydrogens (tertiary/aromatic N) is 4. The summed E-state index contributed by atoms with van der Waals surface area (Å²) in [5.41, 5.74) is 16.3. The second-order valence-electron chi connectivity index (χ2n) is 22.4. The number of rotatable bonds is 12. The summed E-state index contributed by atoms with van der Waals surface area (Å²) >= 11 is 0. The molecule has 0 aliphatic carbocycles. The van der Waals surface area contributed by atoms with E-state index in [1.54, 1.807) is 0 Å². The molecule has 0 atom stereocenters. The van der Waals surface area contributed by atoms with Gasteiger partial charge >= 0.3 is 0 Å². The molecule has 1 aliphatic heterocycles. The van der Waals surface area contributed by atoms with Crippen molar-refractivity contribution in [2.75, 3.05) is 16.5 Å². The minimum absolute atomic E-state index is 0.0518. The Balaban J connectivity index is 0.994. The van der Waals surface area contributed by atoms with Crippen LogP contribution in [0.5, 0.6) is 11.5 Å². The van der Waals surface area contributed by atoms with Crippen molar-refractivity contribution in [1.82, 2.24) is 9.55 Å². The number of fused-ring (bicyclic) bond motifs is 3. The van der Waals surface area contributed by atoms with Gasteiger partial charge in [0.1, 0.15) is 17.3 Å². The van der Waals surface area contributed by atoms with Gasteiger partial charge in [0.25, 0.3) is 0 Å². The number of pyridine rings is 1. The summed E-state index contributed by atoms with van der Waals surface area (Å²) in [5.74, 6) is 2.73. The van der Waals surface area contributed by atoms with Crippen molar-refractivity contribution in [2.24, 2.45) is 0 Å². The largest absolute Gasteiger partial charge is 0.457 e. The van der Waals surface area contributed by atoms with Gasteiger partial charge in [0.05, 0.1) is 23.4 Å². The molecule has 3 heterocycles. The molecule has 10 aromatic rings. The van der Waals surface area contributed by atoms with Crippen molar-refractivity contribution >= 4 is 38.9 Å². The first-order valence-electron chi connectivity index (χ1n) is 26.1. The van der Waals surface area contributed by atoms with E-state index in [9.17, 15) is 0 Å². The molecule has 11 rings (SSSR count). The van der Waals surface area contributed by atoms with E-state index < -0.39 is 0 Å². The van der Waals surface area contributed by atoms with Gasteiger partial charge in [0.15, 0.2) is 0 Å². The second-order valence-corrected chi connectivity index (χ2v) is 22.4. The monoisotopic (exact) mass is 967 g/mol. The van der Waals surface area contributed by atoms with Crippen molar-refractivity contribution < 1.29 is 4.74 Å². The molecule has 5 nitrogen and oxygen atoms in total. The van der Waals surface area contributed by atoms with Gasteiger partial charge in [-0.3, -0.25) is 4.57 Å². The number of benzene rings is 8. The number of hydrogen-bond donors (Lipinski definition) is 0. The van der Waals surface area contributed by atoms with Crippen LogP contribution >= 0.6 is 0 Å². The smallest absolute Gasteiger partial charge is 0.137 e. The number of anilines is 2. The number of ether oxygens (including phenoxy) is 1. The summed E-state index contributed by atoms with van der Waals surface area (Å²) in [6.07, 6.45) is 4.28. The third-order valence-corrected chi connectivity index (χ3v) is 15.5. The van der Waals surface area contributed by atoms with E-state index in [-0.39, 0.29) is 16.2 Å². The van der Waals surface area contributed by atoms with Crippen molar-refractivity contribution in [1.29, 1.82) is 0 Å². The minimum Gasteiger partial charge on any atom is -0.457 e. The lowest BCUT2D eigenvalue weighted by Crippen LogP contribution is -2.27. The predicted molar refractivity (Wildman–Crippen MR) is 311 cm³/mol. The molecule has 0 unspecified atom stereocenters. The molecular weight excluding hydrogens is 901 g/mol. The maximum Gasteiger partial charge on any atom is 0.137 e. The third-order valence-electron chi connectivity index (χ3n) is 15.5. The number of aromatic nitrogens is 2. The Labute approximate surface area is 438 Å². The van der Waals surface area contributed by atoms with E-state index >= 15 is 0 Å². The topological polar surface area (TPSA) is 33.5 Å². The Bertz CT molecular complexity index is 3690. The Morgan fingerprint density at radius 1 is 0.473 bits per heavy atom. The van der Waals surface area contributed by atoms with Gasteiger partial charge in [-0.15, -0.1) is 0 Å². The van der Waals surface area contributed by atoms with E-state index in [0.717, 1.165) is 39.4 Å². The first-order chi connectivity index (χ1) is 35.6. The molecule has 8 aromatic carbocycles. The molecule has 0 amide bonds. The summed E-state index contributed by atoms with van der Waals surface area (Å²) < 4.78 is 9.26. The van der Waals surface area contributed by atoms with Crippen molar-refractivity contribution in [3.05, 3.63) is 258 Å². The van der Waals surface area contributed by atoms with Crippen molar-refractivity contribution in [3.63, 3.8) is 0 Å². The zero-order valence-corrected chi connectivity index (χ0v) is 44.3. The highest BCUT2D eigenvalue weighted by molar-refractivity contribution is 6.10. The van der Waals surface area contributed by atoms with Gasteiger partial charge < -0.3 is 14.5 Å². The van der Waals surface area contributed by atoms with Crippen LogP contribution in [0.15, 0.2) is 219 Å². The van der Waals surface area contributed by atoms with E-state index in [0.29, 0.717) is 12.6 Å². The SMILES string of the molecule is CC(C)c1ccccc1C1=CN(c2cccc(Oc3ccc4c5cc(C(C)(C)c6ccccc6)ccc5n(-c5cc(C(C)(C)c6ccccc6)ccn5)c4c3)c2)CN1c1cc(-c2ccccc2)cc(C(C)(C)C)c1. The normalized spacial score (nSPS) is 13.3. The molecule has 0 bridgehead atoms. The van der Waals surface area contributed by atoms with E-state index in [2.05, 4.69) is 289 Å². The van der Waals surface area contributed by atoms with Gasteiger partial charge in [-0.2, -0.15) is 0 Å². The highest BCUT2D eigenvalue weighted by Gasteiger charge is 2.30. The quantitative estimate of drug-likeness (QED) is 0.122. The minimum atomic E-state index is -0.244. The summed E-state index contributed by atoms with van der Waals surface area (Å²) in [5, 5.41) is 2.32. The molecule has 2 aromatic heterocycles. The zero-order chi connectivity index (χ0) is 51.4. The summed E-state index contributed by atoms with van der Waals surface area (Å²) in [7, 11) is 0. The second kappa shape index (κ2) is 19.0. The van der Waals surface area contributed by atoms with Crippen LogP contribution in [0.3, 0.4) is 0 Å². The van der Waals surface area contributed by atoms with Crippen molar-refractivity contribution in [3.8, 4) is 28.4 Å². The molecule has 0 N–H and O–H groups in total. The molecule has 0 saturated carbocycles. The van der Waals surface area contributed by atoms with Crippen LogP contribution in [0.2, 0.25) is 0 Å². The fourth-order valence-electron chi connectivity index (χ4n) is 10.8. The number of hydrogen-bond acceptors (Lipinski definition) is 4. The Morgan fingerprint density at radius 3 is 1.81 bits per heavy atom. The molecular formula is C69H66N4O. The van der Waals surface area contributed by atoms with E-state index in [4.69, 9.17) is 9.72 Å². The fourth-order valence-corrected chi connectivity index (χ4v) is 10.8. The van der Waals surface area contributed by atoms with Crippen LogP contribution in [0.1, 0.15) is 107 Å². The molecule has 0 radical (unpaired) electrons. The maximum absolute atomic E-state index is 6.94. The Morgan fingerprint density at radius 2 is 1.12 bits per heavy atom. The fraction of sp³-hybridized carbons (Fsp3) is 0.203. The molecule has 0 spiro atoms. The predicted octanol–water partition coefficient (Wildman–Crippen LogP) is 18.0. The first kappa shape index (κ1) is 48.1. The Hall–Kier alpha value is -8.15. The van der Waals surface area contributed by atoms with E-state index in [1.807, 2.05) is 6.20 Å². The van der Waals surface area contributed by atoms with Crippen LogP contribution in [0.25, 0.3) is 44.4 Å². The molecule has 0 saturated heterocycles. The van der Waals surface area contributed by atoms with Crippen LogP contribution in [-0.4, -0.2) is 16.2 Å². The third kappa shape index (κ3) is 9.06. The lowest BCUT2D eigenvalue weighted by molar-refractivity contribution is 0.483. The van der Waals surface area contributed by atoms with Crippen molar-refractivity contribution in [2.45, 2.75) is 84.5 Å². The van der Waals surface area contributed by atoms with Crippen LogP contribution in [-0.2, 0) is 16.2 Å². The van der Waals surface area contributed by atoms with Crippen LogP contribution < -0.4 is 14.5 Å². The first-order valence-corrected chi connectivity index (χ1v) is 26.1. The molecule has 5 heteroatoms. The maximum atomic E-state index is 6.94. The molecule has 0 fully saturated rings. The van der Waals surface area contributed by atoms with Gasteiger partial charge in [-0.05, 0) is 117 Å². The summed E-state index contributed by atoms with van der Waals surface area (Å²) in [4.78, 5) is 9.94. The average molecular weight is 967 g/mol. The Kier molecular flexibility index (Phi) is 12.4. The van der Waals surface area contributed by atoms with E-state index in [1.165, 1.54) is 66.8 Å². The van der Waals surface area contributed by atoms with Gasteiger partial charge in [-0.1, -0.05) is 196 Å². The molecule has 1 aliphatic rings. The summed E-state index contributed by atoms with van der Waals surface area (Å²) in [6, 6.07) is 74.7. The van der Waals surface area contributed by atoms with Crippen LogP contribution in [0.4, 0.5) is 11.4 Å². The molecule has 368 valence electrons. The van der Waals surface area contributed by atoms with Gasteiger partial charge in [-0.25, -0.2) is 4.98 Å². The average Bonchev–Trinajstić information content (AvgIpc) is 4.01. The highest BCUT2D eigenvalue weighted by Crippen LogP contribution is 2.43. The lowest BCUT2D eigenvalue weighted by Gasteiger charge is -2.29.